The molecule has 4 heterocycles. The predicted molar refractivity (Wildman–Crippen MR) is 99.0 cm³/mol. The molecule has 0 atom stereocenters. The number of piperidine rings is 1. The van der Waals surface area contributed by atoms with Crippen LogP contribution < -0.4 is 4.90 Å². The summed E-state index contributed by atoms with van der Waals surface area (Å²) >= 11 is 0. The van der Waals surface area contributed by atoms with E-state index in [-0.39, 0.29) is 5.91 Å². The van der Waals surface area contributed by atoms with E-state index in [9.17, 15) is 4.79 Å². The van der Waals surface area contributed by atoms with Crippen molar-refractivity contribution in [1.29, 1.82) is 0 Å². The van der Waals surface area contributed by atoms with Crippen molar-refractivity contribution in [2.45, 2.75) is 18.9 Å². The van der Waals surface area contributed by atoms with Gasteiger partial charge in [-0.05, 0) is 25.0 Å². The van der Waals surface area contributed by atoms with E-state index in [1.54, 1.807) is 36.9 Å². The summed E-state index contributed by atoms with van der Waals surface area (Å²) in [6, 6.07) is 4.15. The molecule has 4 rings (SSSR count). The number of rotatable bonds is 3. The van der Waals surface area contributed by atoms with Crippen molar-refractivity contribution in [1.82, 2.24) is 24.8 Å². The van der Waals surface area contributed by atoms with Gasteiger partial charge in [0.05, 0.1) is 6.20 Å². The number of amides is 1. The largest absolute Gasteiger partial charge is 0.353 e. The van der Waals surface area contributed by atoms with Crippen molar-refractivity contribution >= 4 is 11.7 Å². The van der Waals surface area contributed by atoms with Gasteiger partial charge in [0, 0.05) is 75.7 Å². The average Bonchev–Trinajstić information content (AvgIpc) is 2.75. The molecule has 7 nitrogen and oxygen atoms in total. The Morgan fingerprint density at radius 1 is 0.885 bits per heavy atom. The Labute approximate surface area is 153 Å². The fraction of sp³-hybridized carbons (Fsp3) is 0.474. The number of aromatic nitrogens is 3. The van der Waals surface area contributed by atoms with Gasteiger partial charge < -0.3 is 9.80 Å². The second-order valence-electron chi connectivity index (χ2n) is 6.85. The number of carbonyl (C=O) groups excluding carboxylic acids is 1. The maximum Gasteiger partial charge on any atom is 0.253 e. The van der Waals surface area contributed by atoms with Gasteiger partial charge in [0.1, 0.15) is 5.82 Å². The normalized spacial score (nSPS) is 19.5. The Hall–Kier alpha value is -2.54. The first-order valence-electron chi connectivity index (χ1n) is 9.25. The lowest BCUT2D eigenvalue weighted by atomic mass is 10.0. The fourth-order valence-corrected chi connectivity index (χ4v) is 3.88. The Balaban J connectivity index is 1.27. The minimum Gasteiger partial charge on any atom is -0.353 e. The lowest BCUT2D eigenvalue weighted by Crippen LogP contribution is -2.54. The molecule has 2 aromatic rings. The Morgan fingerprint density at radius 3 is 2.27 bits per heavy atom. The van der Waals surface area contributed by atoms with Crippen molar-refractivity contribution in [3.63, 3.8) is 0 Å². The number of pyridine rings is 1. The van der Waals surface area contributed by atoms with Gasteiger partial charge in [-0.1, -0.05) is 0 Å². The Kier molecular flexibility index (Phi) is 5.06. The molecule has 0 unspecified atom stereocenters. The van der Waals surface area contributed by atoms with Gasteiger partial charge in [-0.3, -0.25) is 19.7 Å². The van der Waals surface area contributed by atoms with Crippen molar-refractivity contribution in [2.24, 2.45) is 0 Å². The van der Waals surface area contributed by atoms with E-state index in [1.165, 1.54) is 0 Å². The van der Waals surface area contributed by atoms with Crippen LogP contribution in [-0.4, -0.2) is 76.0 Å². The zero-order valence-corrected chi connectivity index (χ0v) is 14.9. The number of carbonyl (C=O) groups is 1. The summed E-state index contributed by atoms with van der Waals surface area (Å²) in [6.45, 7) is 5.70. The van der Waals surface area contributed by atoms with E-state index < -0.39 is 0 Å². The fourth-order valence-electron chi connectivity index (χ4n) is 3.88. The standard InChI is InChI=1S/C19H24N6O/c26-19(16-1-5-20-6-2-16)25-9-3-17(4-10-25)23-11-13-24(14-12-23)18-15-21-7-8-22-18/h1-2,5-8,15,17H,3-4,9-14H2. The Bertz CT molecular complexity index is 709. The van der Waals surface area contributed by atoms with Crippen LogP contribution in [-0.2, 0) is 0 Å². The van der Waals surface area contributed by atoms with E-state index >= 15 is 0 Å². The van der Waals surface area contributed by atoms with Gasteiger partial charge in [-0.2, -0.15) is 0 Å². The van der Waals surface area contributed by atoms with Crippen LogP contribution in [0.2, 0.25) is 0 Å². The number of anilines is 1. The van der Waals surface area contributed by atoms with Crippen LogP contribution in [0, 0.1) is 0 Å². The van der Waals surface area contributed by atoms with E-state index in [0.717, 1.165) is 63.5 Å². The zero-order chi connectivity index (χ0) is 17.8. The Morgan fingerprint density at radius 2 is 1.62 bits per heavy atom. The molecule has 2 aliphatic heterocycles. The number of hydrogen-bond donors (Lipinski definition) is 0. The molecule has 136 valence electrons. The summed E-state index contributed by atoms with van der Waals surface area (Å²) in [6.07, 6.45) is 10.7. The summed E-state index contributed by atoms with van der Waals surface area (Å²) in [5.41, 5.74) is 0.732. The van der Waals surface area contributed by atoms with Crippen molar-refractivity contribution in [3.05, 3.63) is 48.7 Å². The molecule has 2 fully saturated rings. The molecular formula is C19H24N6O. The molecular weight excluding hydrogens is 328 g/mol. The summed E-state index contributed by atoms with van der Waals surface area (Å²) in [5, 5.41) is 0. The van der Waals surface area contributed by atoms with Gasteiger partial charge in [0.15, 0.2) is 0 Å². The quantitative estimate of drug-likeness (QED) is 0.830. The van der Waals surface area contributed by atoms with Crippen molar-refractivity contribution in [2.75, 3.05) is 44.2 Å². The average molecular weight is 352 g/mol. The highest BCUT2D eigenvalue weighted by Gasteiger charge is 2.29. The minimum atomic E-state index is 0.123. The number of piperazine rings is 1. The maximum absolute atomic E-state index is 12.5. The first kappa shape index (κ1) is 16.9. The van der Waals surface area contributed by atoms with Crippen LogP contribution in [0.15, 0.2) is 43.1 Å². The molecule has 0 aliphatic carbocycles. The van der Waals surface area contributed by atoms with Crippen LogP contribution in [0.25, 0.3) is 0 Å². The molecule has 2 aromatic heterocycles. The van der Waals surface area contributed by atoms with E-state index in [1.807, 2.05) is 11.1 Å². The topological polar surface area (TPSA) is 65.5 Å². The summed E-state index contributed by atoms with van der Waals surface area (Å²) in [5.74, 6) is 1.09. The van der Waals surface area contributed by atoms with Crippen LogP contribution in [0.1, 0.15) is 23.2 Å². The van der Waals surface area contributed by atoms with Crippen LogP contribution in [0.3, 0.4) is 0 Å². The molecule has 0 aromatic carbocycles. The first-order valence-corrected chi connectivity index (χ1v) is 9.25. The van der Waals surface area contributed by atoms with Gasteiger partial charge in [-0.15, -0.1) is 0 Å². The van der Waals surface area contributed by atoms with E-state index in [4.69, 9.17) is 0 Å². The summed E-state index contributed by atoms with van der Waals surface area (Å²) in [4.78, 5) is 31.9. The molecule has 0 N–H and O–H groups in total. The van der Waals surface area contributed by atoms with Crippen LogP contribution in [0.5, 0.6) is 0 Å². The second-order valence-corrected chi connectivity index (χ2v) is 6.85. The summed E-state index contributed by atoms with van der Waals surface area (Å²) in [7, 11) is 0. The van der Waals surface area contributed by atoms with Gasteiger partial charge in [0.25, 0.3) is 5.91 Å². The van der Waals surface area contributed by atoms with E-state index in [2.05, 4.69) is 24.8 Å². The number of hydrogen-bond acceptors (Lipinski definition) is 6. The molecule has 26 heavy (non-hydrogen) atoms. The van der Waals surface area contributed by atoms with E-state index in [0.29, 0.717) is 6.04 Å². The lowest BCUT2D eigenvalue weighted by Gasteiger charge is -2.43. The third-order valence-corrected chi connectivity index (χ3v) is 5.38. The molecule has 0 bridgehead atoms. The highest BCUT2D eigenvalue weighted by Crippen LogP contribution is 2.21. The predicted octanol–water partition coefficient (Wildman–Crippen LogP) is 1.30. The van der Waals surface area contributed by atoms with Gasteiger partial charge >= 0.3 is 0 Å². The highest BCUT2D eigenvalue weighted by molar-refractivity contribution is 5.94. The molecule has 1 amide bonds. The number of likely N-dealkylation sites (tertiary alicyclic amines) is 1. The first-order chi connectivity index (χ1) is 12.8. The summed E-state index contributed by atoms with van der Waals surface area (Å²) < 4.78 is 0. The van der Waals surface area contributed by atoms with Crippen LogP contribution in [0.4, 0.5) is 5.82 Å². The van der Waals surface area contributed by atoms with Gasteiger partial charge in [0.2, 0.25) is 0 Å². The molecule has 7 heteroatoms. The SMILES string of the molecule is O=C(c1ccncc1)N1CCC(N2CCN(c3cnccn3)CC2)CC1. The second kappa shape index (κ2) is 7.78. The van der Waals surface area contributed by atoms with Crippen molar-refractivity contribution in [3.8, 4) is 0 Å². The molecule has 2 saturated heterocycles. The number of nitrogens with zero attached hydrogens (tertiary/aromatic N) is 6. The van der Waals surface area contributed by atoms with Crippen LogP contribution >= 0.6 is 0 Å². The minimum absolute atomic E-state index is 0.123. The zero-order valence-electron chi connectivity index (χ0n) is 14.9. The smallest absolute Gasteiger partial charge is 0.253 e. The third-order valence-electron chi connectivity index (χ3n) is 5.38. The monoisotopic (exact) mass is 352 g/mol. The van der Waals surface area contributed by atoms with Gasteiger partial charge in [-0.25, -0.2) is 4.98 Å². The molecule has 0 saturated carbocycles. The molecule has 0 spiro atoms. The van der Waals surface area contributed by atoms with Crippen molar-refractivity contribution < 1.29 is 4.79 Å². The lowest BCUT2D eigenvalue weighted by molar-refractivity contribution is 0.0610. The third kappa shape index (κ3) is 3.67. The molecule has 0 radical (unpaired) electrons. The molecule has 2 aliphatic rings. The maximum atomic E-state index is 12.5. The highest BCUT2D eigenvalue weighted by atomic mass is 16.2.